The first-order valence-electron chi connectivity index (χ1n) is 8.13. The Balaban J connectivity index is 1.44. The van der Waals surface area contributed by atoms with E-state index in [1.165, 1.54) is 37.2 Å². The smallest absolute Gasteiger partial charge is 0.203 e. The standard InChI is InChI=1S/C17H21N3OS/c1-2-6-13(7-3-1)15-19-16(22-20-15)18-14-8-11-21-17(12-14)9-4-5-10-17/h1-3,6-7,14H,4-5,8-12H2,(H,18,19,20). The molecule has 1 spiro atoms. The van der Waals surface area contributed by atoms with Gasteiger partial charge in [0.1, 0.15) is 0 Å². The molecule has 22 heavy (non-hydrogen) atoms. The molecule has 2 heterocycles. The summed E-state index contributed by atoms with van der Waals surface area (Å²) in [5.74, 6) is 0.815. The second-order valence-electron chi connectivity index (χ2n) is 6.36. The summed E-state index contributed by atoms with van der Waals surface area (Å²) in [5.41, 5.74) is 1.22. The maximum Gasteiger partial charge on any atom is 0.203 e. The van der Waals surface area contributed by atoms with E-state index in [1.54, 1.807) is 0 Å². The summed E-state index contributed by atoms with van der Waals surface area (Å²) in [4.78, 5) is 4.65. The zero-order valence-corrected chi connectivity index (χ0v) is 13.4. The van der Waals surface area contributed by atoms with Crippen LogP contribution in [0.25, 0.3) is 11.4 Å². The zero-order chi connectivity index (χ0) is 14.8. The fourth-order valence-corrected chi connectivity index (χ4v) is 4.35. The number of anilines is 1. The Bertz CT molecular complexity index is 622. The van der Waals surface area contributed by atoms with E-state index in [0.717, 1.165) is 36.0 Å². The van der Waals surface area contributed by atoms with Gasteiger partial charge in [0.25, 0.3) is 0 Å². The number of hydrogen-bond acceptors (Lipinski definition) is 5. The van der Waals surface area contributed by atoms with Gasteiger partial charge in [-0.05, 0) is 25.7 Å². The average Bonchev–Trinajstić information content (AvgIpc) is 3.19. The predicted octanol–water partition coefficient (Wildman–Crippen LogP) is 4.11. The molecule has 4 nitrogen and oxygen atoms in total. The van der Waals surface area contributed by atoms with Gasteiger partial charge < -0.3 is 10.1 Å². The third-order valence-corrected chi connectivity index (χ3v) is 5.44. The van der Waals surface area contributed by atoms with Crippen molar-refractivity contribution >= 4 is 16.7 Å². The number of nitrogens with one attached hydrogen (secondary N) is 1. The van der Waals surface area contributed by atoms with E-state index in [2.05, 4.69) is 14.7 Å². The van der Waals surface area contributed by atoms with Crippen LogP contribution in [0.15, 0.2) is 30.3 Å². The Kier molecular flexibility index (Phi) is 3.84. The highest BCUT2D eigenvalue weighted by atomic mass is 32.1. The van der Waals surface area contributed by atoms with Crippen LogP contribution in [0.4, 0.5) is 5.13 Å². The van der Waals surface area contributed by atoms with Crippen LogP contribution < -0.4 is 5.32 Å². The van der Waals surface area contributed by atoms with Crippen LogP contribution in [0.3, 0.4) is 0 Å². The molecule has 1 aliphatic heterocycles. The van der Waals surface area contributed by atoms with E-state index in [9.17, 15) is 0 Å². The van der Waals surface area contributed by atoms with Crippen LogP contribution in [0.1, 0.15) is 38.5 Å². The highest BCUT2D eigenvalue weighted by molar-refractivity contribution is 7.09. The van der Waals surface area contributed by atoms with Crippen molar-refractivity contribution in [1.29, 1.82) is 0 Å². The molecule has 116 valence electrons. The largest absolute Gasteiger partial charge is 0.375 e. The summed E-state index contributed by atoms with van der Waals surface area (Å²) in [5, 5.41) is 4.52. The molecule has 0 amide bonds. The van der Waals surface area contributed by atoms with Gasteiger partial charge >= 0.3 is 0 Å². The van der Waals surface area contributed by atoms with Crippen molar-refractivity contribution in [3.05, 3.63) is 30.3 Å². The maximum absolute atomic E-state index is 6.10. The second-order valence-corrected chi connectivity index (χ2v) is 7.11. The summed E-state index contributed by atoms with van der Waals surface area (Å²) in [6.07, 6.45) is 7.22. The molecule has 1 saturated heterocycles. The summed E-state index contributed by atoms with van der Waals surface area (Å²) < 4.78 is 10.6. The molecule has 4 rings (SSSR count). The normalized spacial score (nSPS) is 23.7. The third kappa shape index (κ3) is 2.88. The molecule has 1 aromatic heterocycles. The van der Waals surface area contributed by atoms with Gasteiger partial charge in [-0.15, -0.1) is 0 Å². The van der Waals surface area contributed by atoms with Crippen LogP contribution in [-0.4, -0.2) is 27.6 Å². The first-order valence-corrected chi connectivity index (χ1v) is 8.90. The zero-order valence-electron chi connectivity index (χ0n) is 12.6. The summed E-state index contributed by atoms with van der Waals surface area (Å²) in [6.45, 7) is 0.863. The van der Waals surface area contributed by atoms with E-state index in [0.29, 0.717) is 6.04 Å². The fourth-order valence-electron chi connectivity index (χ4n) is 3.68. The van der Waals surface area contributed by atoms with Crippen LogP contribution in [-0.2, 0) is 4.74 Å². The summed E-state index contributed by atoms with van der Waals surface area (Å²) in [6, 6.07) is 10.6. The number of ether oxygens (including phenoxy) is 1. The molecule has 5 heteroatoms. The van der Waals surface area contributed by atoms with E-state index in [4.69, 9.17) is 4.74 Å². The molecule has 1 N–H and O–H groups in total. The van der Waals surface area contributed by atoms with Gasteiger partial charge in [-0.3, -0.25) is 0 Å². The molecule has 2 aromatic rings. The number of aromatic nitrogens is 2. The monoisotopic (exact) mass is 315 g/mol. The predicted molar refractivity (Wildman–Crippen MR) is 89.1 cm³/mol. The van der Waals surface area contributed by atoms with Crippen molar-refractivity contribution < 1.29 is 4.74 Å². The number of hydrogen-bond donors (Lipinski definition) is 1. The van der Waals surface area contributed by atoms with Crippen molar-refractivity contribution in [1.82, 2.24) is 9.36 Å². The Hall–Kier alpha value is -1.46. The lowest BCUT2D eigenvalue weighted by molar-refractivity contribution is -0.0767. The minimum absolute atomic E-state index is 0.142. The number of benzene rings is 1. The van der Waals surface area contributed by atoms with Crippen molar-refractivity contribution in [3.8, 4) is 11.4 Å². The topological polar surface area (TPSA) is 47.0 Å². The van der Waals surface area contributed by atoms with Crippen molar-refractivity contribution in [2.24, 2.45) is 0 Å². The van der Waals surface area contributed by atoms with Gasteiger partial charge in [0.05, 0.1) is 5.60 Å². The van der Waals surface area contributed by atoms with E-state index in [-0.39, 0.29) is 5.60 Å². The lowest BCUT2D eigenvalue weighted by Crippen LogP contribution is -2.42. The van der Waals surface area contributed by atoms with Crippen molar-refractivity contribution in [2.45, 2.75) is 50.2 Å². The third-order valence-electron chi connectivity index (χ3n) is 4.79. The molecule has 2 aliphatic rings. The van der Waals surface area contributed by atoms with Gasteiger partial charge in [0.15, 0.2) is 5.82 Å². The quantitative estimate of drug-likeness (QED) is 0.926. The van der Waals surface area contributed by atoms with Crippen LogP contribution in [0, 0.1) is 0 Å². The number of rotatable bonds is 3. The maximum atomic E-state index is 6.10. The average molecular weight is 315 g/mol. The molecule has 0 bridgehead atoms. The van der Waals surface area contributed by atoms with Crippen LogP contribution >= 0.6 is 11.5 Å². The van der Waals surface area contributed by atoms with Gasteiger partial charge in [0.2, 0.25) is 5.13 Å². The molecule has 1 atom stereocenters. The molecule has 0 radical (unpaired) electrons. The Morgan fingerprint density at radius 2 is 2.00 bits per heavy atom. The molecule has 1 aromatic carbocycles. The van der Waals surface area contributed by atoms with Gasteiger partial charge in [0, 0.05) is 29.7 Å². The first-order chi connectivity index (χ1) is 10.8. The van der Waals surface area contributed by atoms with Crippen molar-refractivity contribution in [2.75, 3.05) is 11.9 Å². The molecular formula is C17H21N3OS. The van der Waals surface area contributed by atoms with Gasteiger partial charge in [-0.25, -0.2) is 0 Å². The van der Waals surface area contributed by atoms with Gasteiger partial charge in [-0.2, -0.15) is 9.36 Å². The molecule has 2 fully saturated rings. The lowest BCUT2D eigenvalue weighted by Gasteiger charge is -2.38. The van der Waals surface area contributed by atoms with E-state index < -0.39 is 0 Å². The Labute approximate surface area is 135 Å². The minimum atomic E-state index is 0.142. The van der Waals surface area contributed by atoms with E-state index >= 15 is 0 Å². The Morgan fingerprint density at radius 1 is 1.18 bits per heavy atom. The molecular weight excluding hydrogens is 294 g/mol. The van der Waals surface area contributed by atoms with Crippen molar-refractivity contribution in [3.63, 3.8) is 0 Å². The highest BCUT2D eigenvalue weighted by Gasteiger charge is 2.40. The molecule has 1 saturated carbocycles. The summed E-state index contributed by atoms with van der Waals surface area (Å²) in [7, 11) is 0. The highest BCUT2D eigenvalue weighted by Crippen LogP contribution is 2.40. The lowest BCUT2D eigenvalue weighted by atomic mass is 9.89. The summed E-state index contributed by atoms with van der Waals surface area (Å²) >= 11 is 1.46. The SMILES string of the molecule is c1ccc(-c2nsc(NC3CCOC4(CCCC4)C3)n2)cc1. The fraction of sp³-hybridized carbons (Fsp3) is 0.529. The minimum Gasteiger partial charge on any atom is -0.375 e. The van der Waals surface area contributed by atoms with Gasteiger partial charge in [-0.1, -0.05) is 43.2 Å². The number of nitrogens with zero attached hydrogens (tertiary/aromatic N) is 2. The van der Waals surface area contributed by atoms with Crippen LogP contribution in [0.2, 0.25) is 0 Å². The Morgan fingerprint density at radius 3 is 2.82 bits per heavy atom. The van der Waals surface area contributed by atoms with E-state index in [1.807, 2.05) is 30.3 Å². The van der Waals surface area contributed by atoms with Crippen LogP contribution in [0.5, 0.6) is 0 Å². The molecule has 1 unspecified atom stereocenters. The second kappa shape index (κ2) is 5.97. The first kappa shape index (κ1) is 14.2. The molecule has 1 aliphatic carbocycles.